The minimum absolute atomic E-state index is 0.134. The van der Waals surface area contributed by atoms with Crippen molar-refractivity contribution in [2.75, 3.05) is 27.3 Å². The third-order valence-electron chi connectivity index (χ3n) is 10.9. The molecular formula is C47H52N8O6. The van der Waals surface area contributed by atoms with E-state index in [9.17, 15) is 14.4 Å². The Balaban J connectivity index is 1.12. The smallest absolute Gasteiger partial charge is 0.407 e. The molecule has 0 aliphatic carbocycles. The van der Waals surface area contributed by atoms with E-state index in [0.717, 1.165) is 67.5 Å². The number of nitrogens with zero attached hydrogens (tertiary/aromatic N) is 4. The number of aromatic amines is 2. The fourth-order valence-corrected chi connectivity index (χ4v) is 7.74. The number of benzene rings is 4. The minimum atomic E-state index is -0.839. The molecule has 316 valence electrons. The molecule has 6 aromatic rings. The van der Waals surface area contributed by atoms with Crippen molar-refractivity contribution in [2.45, 2.75) is 65.9 Å². The zero-order valence-corrected chi connectivity index (χ0v) is 35.4. The predicted octanol–water partition coefficient (Wildman–Crippen LogP) is 7.06. The fourth-order valence-electron chi connectivity index (χ4n) is 7.74. The molecule has 3 amide bonds. The predicted molar refractivity (Wildman–Crippen MR) is 234 cm³/mol. The highest BCUT2D eigenvalue weighted by molar-refractivity contribution is 6.07. The molecule has 0 fully saturated rings. The lowest BCUT2D eigenvalue weighted by Gasteiger charge is -2.28. The maximum atomic E-state index is 13.8. The Morgan fingerprint density at radius 3 is 2.46 bits per heavy atom. The van der Waals surface area contributed by atoms with Crippen LogP contribution in [0.3, 0.4) is 0 Å². The molecule has 0 saturated carbocycles. The largest absolute Gasteiger partial charge is 0.488 e. The number of H-pyrrole nitrogens is 2. The first-order chi connectivity index (χ1) is 29.5. The molecule has 0 bridgehead atoms. The molecule has 0 radical (unpaired) electrons. The third-order valence-corrected chi connectivity index (χ3v) is 10.9. The van der Waals surface area contributed by atoms with Crippen LogP contribution in [0.5, 0.6) is 5.75 Å². The number of carbonyl (C=O) groups is 3. The summed E-state index contributed by atoms with van der Waals surface area (Å²) >= 11 is 0. The van der Waals surface area contributed by atoms with E-state index in [-0.39, 0.29) is 36.7 Å². The molecule has 1 aliphatic heterocycles. The third kappa shape index (κ3) is 9.32. The summed E-state index contributed by atoms with van der Waals surface area (Å²) in [7, 11) is 2.79. The first kappa shape index (κ1) is 42.3. The van der Waals surface area contributed by atoms with Gasteiger partial charge in [0.1, 0.15) is 42.2 Å². The topological polar surface area (TPSA) is 181 Å². The molecule has 14 heteroatoms. The Labute approximate surface area is 355 Å². The van der Waals surface area contributed by atoms with E-state index in [0.29, 0.717) is 31.3 Å². The van der Waals surface area contributed by atoms with Gasteiger partial charge in [0.05, 0.1) is 50.2 Å². The Kier molecular flexibility index (Phi) is 12.9. The molecular weight excluding hydrogens is 773 g/mol. The average Bonchev–Trinajstić information content (AvgIpc) is 3.93. The number of aromatic nitrogens is 4. The number of fused-ring (bicyclic) bond motifs is 6. The molecule has 1 aliphatic rings. The molecule has 2 aromatic heterocycles. The van der Waals surface area contributed by atoms with Crippen molar-refractivity contribution in [1.29, 1.82) is 0 Å². The molecule has 7 rings (SSSR count). The Morgan fingerprint density at radius 1 is 0.934 bits per heavy atom. The monoisotopic (exact) mass is 824 g/mol. The summed E-state index contributed by atoms with van der Waals surface area (Å²) < 4.78 is 16.1. The van der Waals surface area contributed by atoms with Crippen LogP contribution in [0.2, 0.25) is 0 Å². The number of rotatable bonds is 14. The number of hydrogen-bond donors (Lipinski definition) is 4. The van der Waals surface area contributed by atoms with Gasteiger partial charge in [-0.3, -0.25) is 9.59 Å². The number of carbonyl (C=O) groups excluding carboxylic acids is 3. The van der Waals surface area contributed by atoms with Gasteiger partial charge in [-0.15, -0.1) is 0 Å². The number of methoxy groups -OCH3 is 2. The van der Waals surface area contributed by atoms with E-state index in [1.165, 1.54) is 14.2 Å². The zero-order valence-electron chi connectivity index (χ0n) is 35.4. The van der Waals surface area contributed by atoms with Crippen molar-refractivity contribution < 1.29 is 28.6 Å². The van der Waals surface area contributed by atoms with Gasteiger partial charge in [0.2, 0.25) is 11.8 Å². The van der Waals surface area contributed by atoms with Crippen LogP contribution >= 0.6 is 0 Å². The lowest BCUT2D eigenvalue weighted by molar-refractivity contribution is -0.135. The van der Waals surface area contributed by atoms with Gasteiger partial charge in [-0.1, -0.05) is 75.2 Å². The van der Waals surface area contributed by atoms with Gasteiger partial charge in [-0.05, 0) is 71.2 Å². The maximum Gasteiger partial charge on any atom is 0.407 e. The van der Waals surface area contributed by atoms with Gasteiger partial charge in [0, 0.05) is 30.0 Å². The molecule has 0 saturated heterocycles. The lowest BCUT2D eigenvalue weighted by atomic mass is 9.92. The second-order valence-corrected chi connectivity index (χ2v) is 15.7. The molecule has 0 spiro atoms. The summed E-state index contributed by atoms with van der Waals surface area (Å²) in [6.45, 7) is 9.41. The van der Waals surface area contributed by atoms with E-state index in [1.807, 2.05) is 64.1 Å². The molecule has 3 heterocycles. The SMILES string of the molecule is CCCN(Cc1ncc(-c2ccc3c(c2)COc2cc4c(ccc5nc(CN(CC(C)C#COC)C(=O)[C@H](N)c6ccccc6)[nH]c54)cc2-3)[nH]1)C(=O)[C@@H](NC(=O)OC)C(C)C. The normalized spacial score (nSPS) is 13.2. The molecule has 3 atom stereocenters. The Bertz CT molecular complexity index is 2610. The number of nitrogens with two attached hydrogens (primary N) is 1. The van der Waals surface area contributed by atoms with E-state index in [2.05, 4.69) is 68.7 Å². The van der Waals surface area contributed by atoms with Crippen LogP contribution in [0.4, 0.5) is 4.79 Å². The number of alkyl carbamates (subject to hydrolysis) is 1. The highest BCUT2D eigenvalue weighted by Crippen LogP contribution is 2.42. The number of hydrogen-bond acceptors (Lipinski definition) is 9. The summed E-state index contributed by atoms with van der Waals surface area (Å²) in [5.74, 6) is 4.33. The number of imidazole rings is 2. The van der Waals surface area contributed by atoms with E-state index in [4.69, 9.17) is 24.9 Å². The summed E-state index contributed by atoms with van der Waals surface area (Å²) in [5.41, 5.74) is 13.7. The van der Waals surface area contributed by atoms with Crippen LogP contribution in [0.25, 0.3) is 44.2 Å². The highest BCUT2D eigenvalue weighted by atomic mass is 16.5. The van der Waals surface area contributed by atoms with Gasteiger partial charge in [0.25, 0.3) is 0 Å². The summed E-state index contributed by atoms with van der Waals surface area (Å²) in [5, 5.41) is 4.64. The summed E-state index contributed by atoms with van der Waals surface area (Å²) in [6.07, 6.45) is 4.52. The van der Waals surface area contributed by atoms with Crippen molar-refractivity contribution in [3.63, 3.8) is 0 Å². The van der Waals surface area contributed by atoms with Crippen LogP contribution in [0.1, 0.15) is 62.9 Å². The van der Waals surface area contributed by atoms with Crippen LogP contribution in [-0.2, 0) is 38.8 Å². The van der Waals surface area contributed by atoms with Gasteiger partial charge >= 0.3 is 6.09 Å². The van der Waals surface area contributed by atoms with E-state index < -0.39 is 18.2 Å². The number of ether oxygens (including phenoxy) is 3. The summed E-state index contributed by atoms with van der Waals surface area (Å²) in [6, 6.07) is 22.3. The van der Waals surface area contributed by atoms with Crippen molar-refractivity contribution in [3.8, 4) is 40.2 Å². The standard InChI is InChI=1S/C47H52N8O6/c1-7-18-54(46(57)43(28(2)3)53-47(58)60-6)25-40-49-23-38(51-40)32-13-15-34-33(20-32)27-61-39-22-35-31(21-36(34)39)14-16-37-44(35)52-41(50-37)26-55(24-29(4)17-19-59-5)45(56)42(48)30-11-9-8-10-12-30/h8-16,20-23,28-29,42-43H,7,18,24-27,48H2,1-6H3,(H,49,51)(H,50,52)(H,53,58)/t29?,42-,43+/m1/s1. The van der Waals surface area contributed by atoms with Crippen molar-refractivity contribution in [3.05, 3.63) is 102 Å². The van der Waals surface area contributed by atoms with Gasteiger partial charge in [-0.25, -0.2) is 14.8 Å². The quantitative estimate of drug-likeness (QED) is 0.0837. The van der Waals surface area contributed by atoms with Crippen molar-refractivity contribution in [2.24, 2.45) is 17.6 Å². The van der Waals surface area contributed by atoms with Gasteiger partial charge in [0.15, 0.2) is 0 Å². The van der Waals surface area contributed by atoms with Crippen molar-refractivity contribution in [1.82, 2.24) is 35.1 Å². The molecule has 4 aromatic carbocycles. The lowest BCUT2D eigenvalue weighted by Crippen LogP contribution is -2.51. The molecule has 61 heavy (non-hydrogen) atoms. The van der Waals surface area contributed by atoms with E-state index in [1.54, 1.807) is 16.0 Å². The first-order valence-electron chi connectivity index (χ1n) is 20.5. The first-order valence-corrected chi connectivity index (χ1v) is 20.5. The zero-order chi connectivity index (χ0) is 43.2. The number of amides is 3. The highest BCUT2D eigenvalue weighted by Gasteiger charge is 2.30. The molecule has 14 nitrogen and oxygen atoms in total. The average molecular weight is 825 g/mol. The van der Waals surface area contributed by atoms with Crippen molar-refractivity contribution >= 4 is 39.7 Å². The van der Waals surface area contributed by atoms with Crippen LogP contribution in [-0.4, -0.2) is 81.0 Å². The molecule has 5 N–H and O–H groups in total. The van der Waals surface area contributed by atoms with Gasteiger partial charge in [-0.2, -0.15) is 0 Å². The second-order valence-electron chi connectivity index (χ2n) is 15.7. The van der Waals surface area contributed by atoms with Crippen LogP contribution in [0, 0.1) is 23.9 Å². The second kappa shape index (κ2) is 18.6. The Hall–Kier alpha value is -6.85. The minimum Gasteiger partial charge on any atom is -0.488 e. The summed E-state index contributed by atoms with van der Waals surface area (Å²) in [4.78, 5) is 59.2. The van der Waals surface area contributed by atoms with Crippen LogP contribution in [0.15, 0.2) is 79.0 Å². The number of nitrogens with one attached hydrogen (secondary N) is 3. The van der Waals surface area contributed by atoms with E-state index >= 15 is 0 Å². The maximum absolute atomic E-state index is 13.8. The van der Waals surface area contributed by atoms with Gasteiger partial charge < -0.3 is 45.0 Å². The fraction of sp³-hybridized carbons (Fsp3) is 0.340. The van der Waals surface area contributed by atoms with Crippen LogP contribution < -0.4 is 15.8 Å². The molecule has 1 unspecified atom stereocenters. The Morgan fingerprint density at radius 2 is 1.72 bits per heavy atom.